The Bertz CT molecular complexity index is 779. The molecule has 1 amide bonds. The van der Waals surface area contributed by atoms with E-state index in [9.17, 15) is 9.59 Å². The van der Waals surface area contributed by atoms with Gasteiger partial charge in [-0.2, -0.15) is 0 Å². The first-order chi connectivity index (χ1) is 11.1. The van der Waals surface area contributed by atoms with Crippen LogP contribution in [0.2, 0.25) is 0 Å². The fourth-order valence-electron chi connectivity index (χ4n) is 2.80. The molecule has 0 N–H and O–H groups in total. The Morgan fingerprint density at radius 1 is 1.30 bits per heavy atom. The number of piperidine rings is 1. The molecule has 1 aromatic heterocycles. The molecule has 23 heavy (non-hydrogen) atoms. The van der Waals surface area contributed by atoms with Gasteiger partial charge >= 0.3 is 0 Å². The predicted molar refractivity (Wildman–Crippen MR) is 92.7 cm³/mol. The van der Waals surface area contributed by atoms with Gasteiger partial charge in [0.15, 0.2) is 5.16 Å². The summed E-state index contributed by atoms with van der Waals surface area (Å²) in [5.74, 6) is 1.16. The zero-order valence-corrected chi connectivity index (χ0v) is 14.3. The number of hydrogen-bond donors (Lipinski definition) is 0. The summed E-state index contributed by atoms with van der Waals surface area (Å²) in [7, 11) is 1.71. The number of fused-ring (bicyclic) bond motifs is 1. The van der Waals surface area contributed by atoms with Crippen molar-refractivity contribution in [2.45, 2.75) is 24.9 Å². The van der Waals surface area contributed by atoms with Gasteiger partial charge in [-0.05, 0) is 30.9 Å². The van der Waals surface area contributed by atoms with Crippen molar-refractivity contribution < 1.29 is 4.79 Å². The maximum Gasteiger partial charge on any atom is 0.261 e. The highest BCUT2D eigenvalue weighted by atomic mass is 32.2. The first-order valence-electron chi connectivity index (χ1n) is 7.92. The van der Waals surface area contributed by atoms with Gasteiger partial charge in [-0.15, -0.1) is 0 Å². The van der Waals surface area contributed by atoms with Crippen molar-refractivity contribution in [3.8, 4) is 0 Å². The Hall–Kier alpha value is -1.82. The van der Waals surface area contributed by atoms with Crippen LogP contribution in [0.25, 0.3) is 10.9 Å². The van der Waals surface area contributed by atoms with Crippen LogP contribution in [-0.4, -0.2) is 39.2 Å². The number of likely N-dealkylation sites (tertiary alicyclic amines) is 1. The molecular formula is C17H21N3O2S. The molecule has 1 saturated heterocycles. The maximum atomic E-state index is 12.3. The second-order valence-electron chi connectivity index (χ2n) is 6.13. The van der Waals surface area contributed by atoms with Crippen molar-refractivity contribution in [3.05, 3.63) is 34.6 Å². The van der Waals surface area contributed by atoms with Gasteiger partial charge < -0.3 is 4.90 Å². The summed E-state index contributed by atoms with van der Waals surface area (Å²) < 4.78 is 1.53. The molecule has 0 radical (unpaired) electrons. The van der Waals surface area contributed by atoms with Gasteiger partial charge in [0.1, 0.15) is 0 Å². The van der Waals surface area contributed by atoms with Crippen LogP contribution in [0.15, 0.2) is 34.2 Å². The Balaban J connectivity index is 1.73. The summed E-state index contributed by atoms with van der Waals surface area (Å²) in [6, 6.07) is 7.30. The van der Waals surface area contributed by atoms with Gasteiger partial charge in [0.2, 0.25) is 5.91 Å². The lowest BCUT2D eigenvalue weighted by atomic mass is 9.99. The highest BCUT2D eigenvalue weighted by Crippen LogP contribution is 2.20. The van der Waals surface area contributed by atoms with Crippen LogP contribution in [0.3, 0.4) is 0 Å². The van der Waals surface area contributed by atoms with Gasteiger partial charge in [-0.25, -0.2) is 4.98 Å². The summed E-state index contributed by atoms with van der Waals surface area (Å²) in [6.45, 7) is 3.90. The van der Waals surface area contributed by atoms with Crippen LogP contribution in [0, 0.1) is 5.92 Å². The molecule has 2 aromatic rings. The number of benzene rings is 1. The molecule has 1 aliphatic heterocycles. The molecule has 1 aliphatic rings. The van der Waals surface area contributed by atoms with E-state index < -0.39 is 0 Å². The summed E-state index contributed by atoms with van der Waals surface area (Å²) in [6.07, 6.45) is 2.15. The smallest absolute Gasteiger partial charge is 0.261 e. The van der Waals surface area contributed by atoms with Crippen LogP contribution >= 0.6 is 11.8 Å². The van der Waals surface area contributed by atoms with E-state index in [0.29, 0.717) is 27.7 Å². The Morgan fingerprint density at radius 2 is 2.00 bits per heavy atom. The molecule has 6 heteroatoms. The Kier molecular flexibility index (Phi) is 4.71. The average molecular weight is 331 g/mol. The lowest BCUT2D eigenvalue weighted by molar-refractivity contribution is -0.129. The second-order valence-corrected chi connectivity index (χ2v) is 7.07. The van der Waals surface area contributed by atoms with Gasteiger partial charge in [-0.1, -0.05) is 30.8 Å². The fourth-order valence-corrected chi connectivity index (χ4v) is 3.68. The van der Waals surface area contributed by atoms with Crippen molar-refractivity contribution in [2.24, 2.45) is 13.0 Å². The standard InChI is InChI=1S/C17H21N3O2S/c1-12-7-9-20(10-8-12)15(21)11-23-17-18-14-6-4-3-5-13(14)16(22)19(17)2/h3-6,12H,7-11H2,1-2H3. The summed E-state index contributed by atoms with van der Waals surface area (Å²) in [4.78, 5) is 31.1. The fraction of sp³-hybridized carbons (Fsp3) is 0.471. The van der Waals surface area contributed by atoms with E-state index in [1.54, 1.807) is 13.1 Å². The minimum atomic E-state index is -0.0719. The van der Waals surface area contributed by atoms with Gasteiger partial charge in [0.25, 0.3) is 5.56 Å². The monoisotopic (exact) mass is 331 g/mol. The number of amides is 1. The summed E-state index contributed by atoms with van der Waals surface area (Å²) >= 11 is 1.34. The average Bonchev–Trinajstić information content (AvgIpc) is 2.57. The van der Waals surface area contributed by atoms with E-state index in [1.165, 1.54) is 16.3 Å². The molecule has 0 atom stereocenters. The molecule has 2 heterocycles. The van der Waals surface area contributed by atoms with Crippen LogP contribution in [0.5, 0.6) is 0 Å². The van der Waals surface area contributed by atoms with Crippen molar-refractivity contribution in [3.63, 3.8) is 0 Å². The number of aromatic nitrogens is 2. The molecule has 1 aromatic carbocycles. The van der Waals surface area contributed by atoms with Crippen LogP contribution < -0.4 is 5.56 Å². The lowest BCUT2D eigenvalue weighted by Crippen LogP contribution is -2.39. The number of thioether (sulfide) groups is 1. The van der Waals surface area contributed by atoms with E-state index in [1.807, 2.05) is 23.1 Å². The largest absolute Gasteiger partial charge is 0.342 e. The Labute approximate surface area is 139 Å². The maximum absolute atomic E-state index is 12.3. The first-order valence-corrected chi connectivity index (χ1v) is 8.91. The lowest BCUT2D eigenvalue weighted by Gasteiger charge is -2.30. The first kappa shape index (κ1) is 16.1. The highest BCUT2D eigenvalue weighted by Gasteiger charge is 2.20. The van der Waals surface area contributed by atoms with Crippen molar-refractivity contribution in [2.75, 3.05) is 18.8 Å². The third kappa shape index (κ3) is 3.42. The number of hydrogen-bond acceptors (Lipinski definition) is 4. The number of carbonyl (C=O) groups excluding carboxylic acids is 1. The number of para-hydroxylation sites is 1. The molecule has 0 spiro atoms. The topological polar surface area (TPSA) is 55.2 Å². The molecule has 122 valence electrons. The quantitative estimate of drug-likeness (QED) is 0.640. The van der Waals surface area contributed by atoms with Crippen LogP contribution in [0.1, 0.15) is 19.8 Å². The molecule has 0 aliphatic carbocycles. The third-order valence-electron chi connectivity index (χ3n) is 4.40. The third-order valence-corrected chi connectivity index (χ3v) is 5.42. The molecule has 5 nitrogen and oxygen atoms in total. The highest BCUT2D eigenvalue weighted by molar-refractivity contribution is 7.99. The van der Waals surface area contributed by atoms with E-state index in [2.05, 4.69) is 11.9 Å². The molecule has 0 unspecified atom stereocenters. The molecule has 0 saturated carbocycles. The zero-order valence-electron chi connectivity index (χ0n) is 13.5. The number of carbonyl (C=O) groups is 1. The minimum absolute atomic E-state index is 0.0719. The van der Waals surface area contributed by atoms with Gasteiger partial charge in [0.05, 0.1) is 16.7 Å². The van der Waals surface area contributed by atoms with E-state index in [-0.39, 0.29) is 11.5 Å². The van der Waals surface area contributed by atoms with Crippen molar-refractivity contribution in [1.82, 2.24) is 14.5 Å². The van der Waals surface area contributed by atoms with Crippen molar-refractivity contribution in [1.29, 1.82) is 0 Å². The molecule has 1 fully saturated rings. The van der Waals surface area contributed by atoms with Gasteiger partial charge in [0, 0.05) is 20.1 Å². The summed E-state index contributed by atoms with van der Waals surface area (Å²) in [5, 5.41) is 1.20. The summed E-state index contributed by atoms with van der Waals surface area (Å²) in [5.41, 5.74) is 0.606. The zero-order chi connectivity index (χ0) is 16.4. The molecular weight excluding hydrogens is 310 g/mol. The van der Waals surface area contributed by atoms with E-state index >= 15 is 0 Å². The minimum Gasteiger partial charge on any atom is -0.342 e. The molecule has 0 bridgehead atoms. The van der Waals surface area contributed by atoms with Crippen LogP contribution in [-0.2, 0) is 11.8 Å². The second kappa shape index (κ2) is 6.74. The number of rotatable bonds is 3. The molecule has 3 rings (SSSR count). The van der Waals surface area contributed by atoms with Gasteiger partial charge in [-0.3, -0.25) is 14.2 Å². The Morgan fingerprint density at radius 3 is 2.74 bits per heavy atom. The SMILES string of the molecule is CC1CCN(C(=O)CSc2nc3ccccc3c(=O)n2C)CC1. The van der Waals surface area contributed by atoms with E-state index in [4.69, 9.17) is 0 Å². The van der Waals surface area contributed by atoms with E-state index in [0.717, 1.165) is 25.9 Å². The normalized spacial score (nSPS) is 16.0. The van der Waals surface area contributed by atoms with Crippen LogP contribution in [0.4, 0.5) is 0 Å². The number of nitrogens with zero attached hydrogens (tertiary/aromatic N) is 3. The predicted octanol–water partition coefficient (Wildman–Crippen LogP) is 2.28. The van der Waals surface area contributed by atoms with Crippen molar-refractivity contribution >= 4 is 28.6 Å².